The molecule has 0 aliphatic heterocycles. The molecule has 32 heavy (non-hydrogen) atoms. The molecule has 3 aromatic rings. The summed E-state index contributed by atoms with van der Waals surface area (Å²) in [5, 5.41) is 5.19. The van der Waals surface area contributed by atoms with Crippen LogP contribution in [0.1, 0.15) is 25.0 Å². The Morgan fingerprint density at radius 3 is 2.22 bits per heavy atom. The monoisotopic (exact) mass is 454 g/mol. The molecule has 0 aliphatic rings. The lowest BCUT2D eigenvalue weighted by atomic mass is 9.83. The van der Waals surface area contributed by atoms with Crippen LogP contribution < -0.4 is 10.6 Å². The number of anilines is 2. The molecule has 0 spiro atoms. The van der Waals surface area contributed by atoms with Crippen molar-refractivity contribution in [2.75, 3.05) is 16.9 Å². The smallest absolute Gasteiger partial charge is 0.234 e. The summed E-state index contributed by atoms with van der Waals surface area (Å²) in [6.07, 6.45) is 2.14. The predicted octanol–water partition coefficient (Wildman–Crippen LogP) is 5.78. The molecule has 0 fully saturated rings. The average molecular weight is 455 g/mol. The van der Waals surface area contributed by atoms with E-state index in [1.807, 2.05) is 30.5 Å². The number of carbonyl (C=O) groups is 2. The van der Waals surface area contributed by atoms with Crippen molar-refractivity contribution in [3.05, 3.63) is 89.5 Å². The first-order valence-corrected chi connectivity index (χ1v) is 11.2. The average Bonchev–Trinajstić information content (AvgIpc) is 2.75. The molecule has 3 aromatic carbocycles. The van der Waals surface area contributed by atoms with E-state index in [-0.39, 0.29) is 23.6 Å². The largest absolute Gasteiger partial charge is 0.326 e. The Hall–Kier alpha value is -3.19. The van der Waals surface area contributed by atoms with Gasteiger partial charge in [-0.1, -0.05) is 30.3 Å². The minimum Gasteiger partial charge on any atom is -0.326 e. The van der Waals surface area contributed by atoms with Crippen molar-refractivity contribution < 1.29 is 18.4 Å². The third-order valence-electron chi connectivity index (χ3n) is 5.14. The van der Waals surface area contributed by atoms with Crippen LogP contribution in [0.4, 0.5) is 20.2 Å². The van der Waals surface area contributed by atoms with Crippen LogP contribution in [0.15, 0.2) is 71.6 Å². The van der Waals surface area contributed by atoms with E-state index >= 15 is 0 Å². The number of halogens is 2. The summed E-state index contributed by atoms with van der Waals surface area (Å²) < 4.78 is 28.7. The van der Waals surface area contributed by atoms with E-state index in [0.717, 1.165) is 10.5 Å². The standard InChI is InChI=1S/C25H24F2N2O2S/c1-25(2,24(31)29-22-7-5-4-6-20(22)26)19-13-10-17(15-21(19)27)28-23(30)14-16-8-11-18(32-3)12-9-16/h4-13,15H,14H2,1-3H3,(H,28,30)(H,29,31). The number of benzene rings is 3. The minimum atomic E-state index is -1.27. The van der Waals surface area contributed by atoms with Gasteiger partial charge in [-0.15, -0.1) is 11.8 Å². The first kappa shape index (κ1) is 23.5. The second-order valence-electron chi connectivity index (χ2n) is 7.83. The molecule has 0 bridgehead atoms. The maximum absolute atomic E-state index is 14.9. The van der Waals surface area contributed by atoms with Gasteiger partial charge in [0.05, 0.1) is 17.5 Å². The number of carbonyl (C=O) groups excluding carboxylic acids is 2. The van der Waals surface area contributed by atoms with Gasteiger partial charge in [0.25, 0.3) is 0 Å². The summed E-state index contributed by atoms with van der Waals surface area (Å²) in [6, 6.07) is 17.6. The van der Waals surface area contributed by atoms with Crippen molar-refractivity contribution in [2.24, 2.45) is 0 Å². The van der Waals surface area contributed by atoms with Gasteiger partial charge in [-0.3, -0.25) is 9.59 Å². The Kier molecular flexibility index (Phi) is 7.30. The molecule has 0 unspecified atom stereocenters. The van der Waals surface area contributed by atoms with Crippen LogP contribution in [0.2, 0.25) is 0 Å². The highest BCUT2D eigenvalue weighted by atomic mass is 32.2. The fourth-order valence-electron chi connectivity index (χ4n) is 3.20. The van der Waals surface area contributed by atoms with Crippen molar-refractivity contribution in [2.45, 2.75) is 30.6 Å². The number of rotatable bonds is 7. The summed E-state index contributed by atoms with van der Waals surface area (Å²) in [6.45, 7) is 3.11. The SMILES string of the molecule is CSc1ccc(CC(=O)Nc2ccc(C(C)(C)C(=O)Nc3ccccc3F)c(F)c2)cc1. The molecule has 0 atom stereocenters. The second kappa shape index (κ2) is 9.96. The third-order valence-corrected chi connectivity index (χ3v) is 5.88. The lowest BCUT2D eigenvalue weighted by Gasteiger charge is -2.25. The number of nitrogens with one attached hydrogen (secondary N) is 2. The molecule has 0 saturated heterocycles. The topological polar surface area (TPSA) is 58.2 Å². The zero-order chi connectivity index (χ0) is 23.3. The van der Waals surface area contributed by atoms with Gasteiger partial charge in [0.15, 0.2) is 0 Å². The van der Waals surface area contributed by atoms with Crippen LogP contribution in [0.25, 0.3) is 0 Å². The fourth-order valence-corrected chi connectivity index (χ4v) is 3.61. The van der Waals surface area contributed by atoms with Gasteiger partial charge in [-0.25, -0.2) is 8.78 Å². The minimum absolute atomic E-state index is 0.0282. The van der Waals surface area contributed by atoms with Gasteiger partial charge in [-0.2, -0.15) is 0 Å². The summed E-state index contributed by atoms with van der Waals surface area (Å²) in [5.41, 5.74) is 0.0385. The van der Waals surface area contributed by atoms with Gasteiger partial charge < -0.3 is 10.6 Å². The highest BCUT2D eigenvalue weighted by Gasteiger charge is 2.33. The van der Waals surface area contributed by atoms with Crippen molar-refractivity contribution >= 4 is 35.0 Å². The lowest BCUT2D eigenvalue weighted by molar-refractivity contribution is -0.120. The Bertz CT molecular complexity index is 1130. The van der Waals surface area contributed by atoms with Crippen LogP contribution in [0.3, 0.4) is 0 Å². The normalized spacial score (nSPS) is 11.2. The van der Waals surface area contributed by atoms with Crippen LogP contribution in [-0.4, -0.2) is 18.1 Å². The molecule has 3 rings (SSSR count). The zero-order valence-corrected chi connectivity index (χ0v) is 18.9. The van der Waals surface area contributed by atoms with Gasteiger partial charge in [0, 0.05) is 16.1 Å². The van der Waals surface area contributed by atoms with E-state index < -0.39 is 23.0 Å². The number of hydrogen-bond acceptors (Lipinski definition) is 3. The maximum Gasteiger partial charge on any atom is 0.234 e. The zero-order valence-electron chi connectivity index (χ0n) is 18.0. The van der Waals surface area contributed by atoms with Gasteiger partial charge in [0.2, 0.25) is 11.8 Å². The Labute approximate surface area is 190 Å². The number of amides is 2. The fraction of sp³-hybridized carbons (Fsp3) is 0.200. The van der Waals surface area contributed by atoms with Crippen molar-refractivity contribution in [3.8, 4) is 0 Å². The molecular weight excluding hydrogens is 430 g/mol. The Balaban J connectivity index is 1.69. The second-order valence-corrected chi connectivity index (χ2v) is 8.71. The molecule has 7 heteroatoms. The predicted molar refractivity (Wildman–Crippen MR) is 125 cm³/mol. The quantitative estimate of drug-likeness (QED) is 0.445. The number of thioether (sulfide) groups is 1. The van der Waals surface area contributed by atoms with Crippen LogP contribution in [0.5, 0.6) is 0 Å². The van der Waals surface area contributed by atoms with Crippen molar-refractivity contribution in [1.82, 2.24) is 0 Å². The Morgan fingerprint density at radius 2 is 1.59 bits per heavy atom. The third kappa shape index (κ3) is 5.53. The highest BCUT2D eigenvalue weighted by molar-refractivity contribution is 7.98. The molecule has 0 aromatic heterocycles. The summed E-state index contributed by atoms with van der Waals surface area (Å²) in [7, 11) is 0. The van der Waals surface area contributed by atoms with Crippen LogP contribution in [-0.2, 0) is 21.4 Å². The molecule has 0 radical (unpaired) electrons. The molecular formula is C25H24F2N2O2S. The van der Waals surface area contributed by atoms with Crippen LogP contribution >= 0.6 is 11.8 Å². The molecule has 4 nitrogen and oxygen atoms in total. The molecule has 2 amide bonds. The summed E-state index contributed by atoms with van der Waals surface area (Å²) in [5.74, 6) is -2.03. The van der Waals surface area contributed by atoms with Gasteiger partial charge in [-0.05, 0) is 62.1 Å². The van der Waals surface area contributed by atoms with E-state index in [4.69, 9.17) is 0 Å². The summed E-state index contributed by atoms with van der Waals surface area (Å²) >= 11 is 1.62. The highest BCUT2D eigenvalue weighted by Crippen LogP contribution is 2.30. The van der Waals surface area contributed by atoms with E-state index in [0.29, 0.717) is 5.69 Å². The molecule has 2 N–H and O–H groups in total. The number of para-hydroxylation sites is 1. The molecule has 0 saturated carbocycles. The molecule has 166 valence electrons. The first-order valence-electron chi connectivity index (χ1n) is 9.99. The van der Waals surface area contributed by atoms with E-state index in [1.165, 1.54) is 30.3 Å². The van der Waals surface area contributed by atoms with Gasteiger partial charge in [0.1, 0.15) is 11.6 Å². The number of hydrogen-bond donors (Lipinski definition) is 2. The van der Waals surface area contributed by atoms with E-state index in [9.17, 15) is 18.4 Å². The van der Waals surface area contributed by atoms with E-state index in [1.54, 1.807) is 37.7 Å². The van der Waals surface area contributed by atoms with Crippen molar-refractivity contribution in [3.63, 3.8) is 0 Å². The first-order chi connectivity index (χ1) is 15.2. The maximum atomic E-state index is 14.9. The van der Waals surface area contributed by atoms with Gasteiger partial charge >= 0.3 is 0 Å². The Morgan fingerprint density at radius 1 is 0.906 bits per heavy atom. The molecule has 0 heterocycles. The van der Waals surface area contributed by atoms with E-state index in [2.05, 4.69) is 10.6 Å². The van der Waals surface area contributed by atoms with Crippen LogP contribution in [0, 0.1) is 11.6 Å². The van der Waals surface area contributed by atoms with Crippen molar-refractivity contribution in [1.29, 1.82) is 0 Å². The summed E-state index contributed by atoms with van der Waals surface area (Å²) in [4.78, 5) is 26.2. The molecule has 0 aliphatic carbocycles. The lowest BCUT2D eigenvalue weighted by Crippen LogP contribution is -2.35.